The van der Waals surface area contributed by atoms with Crippen LogP contribution in [0.4, 0.5) is 4.39 Å². The smallest absolute Gasteiger partial charge is 0.245 e. The molecule has 0 bridgehead atoms. The first-order chi connectivity index (χ1) is 15.1. The molecule has 31 heavy (non-hydrogen) atoms. The molecule has 3 aromatic rings. The monoisotopic (exact) mass is 422 g/mol. The number of aromatic nitrogens is 4. The third kappa shape index (κ3) is 5.32. The number of fused-ring (bicyclic) bond motifs is 1. The lowest BCUT2D eigenvalue weighted by atomic mass is 10.00. The zero-order valence-corrected chi connectivity index (χ0v) is 17.7. The summed E-state index contributed by atoms with van der Waals surface area (Å²) in [5.74, 6) is 0.0559. The Morgan fingerprint density at radius 2 is 2.03 bits per heavy atom. The van der Waals surface area contributed by atoms with Gasteiger partial charge in [0.05, 0.1) is 0 Å². The van der Waals surface area contributed by atoms with E-state index in [1.165, 1.54) is 27.9 Å². The van der Waals surface area contributed by atoms with Crippen molar-refractivity contribution in [2.45, 2.75) is 38.8 Å². The van der Waals surface area contributed by atoms with Crippen LogP contribution in [0.5, 0.6) is 0 Å². The van der Waals surface area contributed by atoms with E-state index in [1.807, 2.05) is 0 Å². The van der Waals surface area contributed by atoms with Crippen LogP contribution in [0.1, 0.15) is 35.0 Å². The average molecular weight is 423 g/mol. The van der Waals surface area contributed by atoms with Gasteiger partial charge in [-0.2, -0.15) is 0 Å². The summed E-state index contributed by atoms with van der Waals surface area (Å²) in [7, 11) is 0. The summed E-state index contributed by atoms with van der Waals surface area (Å²) in [6, 6.07) is 14.2. The molecule has 1 atom stereocenters. The minimum atomic E-state index is -0.626. The van der Waals surface area contributed by atoms with Gasteiger partial charge in [0, 0.05) is 32.6 Å². The predicted molar refractivity (Wildman–Crippen MR) is 115 cm³/mol. The van der Waals surface area contributed by atoms with Gasteiger partial charge in [-0.25, -0.2) is 9.07 Å². The molecular formula is C23H27FN6O. The van der Waals surface area contributed by atoms with Gasteiger partial charge in [-0.15, -0.1) is 5.10 Å². The zero-order chi connectivity index (χ0) is 21.6. The highest BCUT2D eigenvalue weighted by Crippen LogP contribution is 2.19. The first-order valence-electron chi connectivity index (χ1n) is 10.7. The van der Waals surface area contributed by atoms with Gasteiger partial charge in [0.2, 0.25) is 5.91 Å². The number of amides is 1. The molecule has 1 unspecified atom stereocenters. The fourth-order valence-electron chi connectivity index (χ4n) is 4.08. The molecule has 162 valence electrons. The van der Waals surface area contributed by atoms with E-state index in [0.29, 0.717) is 18.8 Å². The van der Waals surface area contributed by atoms with Crippen molar-refractivity contribution in [1.82, 2.24) is 30.4 Å². The maximum absolute atomic E-state index is 13.6. The molecule has 2 heterocycles. The van der Waals surface area contributed by atoms with E-state index < -0.39 is 6.04 Å². The molecule has 0 radical (unpaired) electrons. The summed E-state index contributed by atoms with van der Waals surface area (Å²) in [5.41, 5.74) is 3.55. The van der Waals surface area contributed by atoms with Gasteiger partial charge in [-0.3, -0.25) is 9.69 Å². The molecule has 7 nitrogen and oxygen atoms in total. The molecular weight excluding hydrogens is 395 g/mol. The Bertz CT molecular complexity index is 1040. The molecule has 4 rings (SSSR count). The third-order valence-electron chi connectivity index (χ3n) is 5.73. The van der Waals surface area contributed by atoms with Crippen molar-refractivity contribution < 1.29 is 9.18 Å². The molecule has 0 fully saturated rings. The number of nitrogens with zero attached hydrogens (tertiary/aromatic N) is 5. The second kappa shape index (κ2) is 9.78. The van der Waals surface area contributed by atoms with Crippen molar-refractivity contribution in [2.75, 3.05) is 19.6 Å². The number of hydrogen-bond acceptors (Lipinski definition) is 5. The van der Waals surface area contributed by atoms with E-state index in [4.69, 9.17) is 0 Å². The number of nitrogens with one attached hydrogen (secondary N) is 1. The summed E-state index contributed by atoms with van der Waals surface area (Å²) in [6.07, 6.45) is 2.24. The van der Waals surface area contributed by atoms with Crippen molar-refractivity contribution in [2.24, 2.45) is 0 Å². The number of tetrazole rings is 1. The van der Waals surface area contributed by atoms with Crippen LogP contribution in [0.25, 0.3) is 0 Å². The molecule has 2 aromatic carbocycles. The molecule has 0 saturated carbocycles. The van der Waals surface area contributed by atoms with Gasteiger partial charge in [0.15, 0.2) is 0 Å². The van der Waals surface area contributed by atoms with E-state index in [2.05, 4.69) is 50.0 Å². The number of halogens is 1. The van der Waals surface area contributed by atoms with Crippen molar-refractivity contribution >= 4 is 5.91 Å². The molecule has 1 aliphatic heterocycles. The largest absolute Gasteiger partial charge is 0.354 e. The fourth-order valence-corrected chi connectivity index (χ4v) is 4.08. The second-order valence-electron chi connectivity index (χ2n) is 7.96. The fraction of sp³-hybridized carbons (Fsp3) is 0.391. The number of hydrogen-bond donors (Lipinski definition) is 1. The van der Waals surface area contributed by atoms with Gasteiger partial charge in [0.1, 0.15) is 17.7 Å². The highest BCUT2D eigenvalue weighted by molar-refractivity contribution is 5.80. The van der Waals surface area contributed by atoms with Gasteiger partial charge in [-0.1, -0.05) is 36.4 Å². The molecule has 1 aromatic heterocycles. The first kappa shape index (κ1) is 21.1. The Balaban J connectivity index is 1.32. The van der Waals surface area contributed by atoms with Crippen molar-refractivity contribution in [3.8, 4) is 0 Å². The Kier molecular flexibility index (Phi) is 6.66. The van der Waals surface area contributed by atoms with Crippen LogP contribution in [0.2, 0.25) is 0 Å². The highest BCUT2D eigenvalue weighted by Gasteiger charge is 2.24. The van der Waals surface area contributed by atoms with Crippen LogP contribution in [0, 0.1) is 12.7 Å². The van der Waals surface area contributed by atoms with Crippen molar-refractivity contribution in [3.05, 3.63) is 76.9 Å². The Morgan fingerprint density at radius 1 is 1.19 bits per heavy atom. The van der Waals surface area contributed by atoms with Crippen LogP contribution < -0.4 is 5.32 Å². The number of benzene rings is 2. The Morgan fingerprint density at radius 3 is 2.81 bits per heavy atom. The van der Waals surface area contributed by atoms with Gasteiger partial charge >= 0.3 is 0 Å². The van der Waals surface area contributed by atoms with E-state index in [1.54, 1.807) is 19.1 Å². The summed E-state index contributed by atoms with van der Waals surface area (Å²) in [6.45, 7) is 5.23. The lowest BCUT2D eigenvalue weighted by Crippen LogP contribution is -2.37. The average Bonchev–Trinajstić information content (AvgIpc) is 3.20. The molecule has 0 spiro atoms. The number of carbonyl (C=O) groups excluding carboxylic acids is 1. The summed E-state index contributed by atoms with van der Waals surface area (Å²) in [4.78, 5) is 15.4. The molecule has 0 saturated heterocycles. The van der Waals surface area contributed by atoms with E-state index in [-0.39, 0.29) is 11.7 Å². The minimum absolute atomic E-state index is 0.163. The molecule has 1 amide bonds. The van der Waals surface area contributed by atoms with Gasteiger partial charge in [0.25, 0.3) is 0 Å². The van der Waals surface area contributed by atoms with Crippen LogP contribution in [-0.4, -0.2) is 50.6 Å². The standard InChI is InChI=1S/C23H27FN6O/c1-17-26-27-28-30(17)22(15-18-6-4-9-21(24)14-18)23(31)25-11-5-12-29-13-10-19-7-2-3-8-20(19)16-29/h2-4,6-9,14,22H,5,10-13,15-16H2,1H3,(H,25,31). The highest BCUT2D eigenvalue weighted by atomic mass is 19.1. The van der Waals surface area contributed by atoms with Crippen LogP contribution in [0.15, 0.2) is 48.5 Å². The van der Waals surface area contributed by atoms with E-state index in [0.717, 1.165) is 38.0 Å². The summed E-state index contributed by atoms with van der Waals surface area (Å²) in [5, 5.41) is 14.5. The normalized spacial score (nSPS) is 14.8. The lowest BCUT2D eigenvalue weighted by Gasteiger charge is -2.28. The van der Waals surface area contributed by atoms with Gasteiger partial charge < -0.3 is 5.32 Å². The van der Waals surface area contributed by atoms with Crippen LogP contribution >= 0.6 is 0 Å². The number of aryl methyl sites for hydroxylation is 1. The summed E-state index contributed by atoms with van der Waals surface area (Å²) < 4.78 is 15.1. The maximum atomic E-state index is 13.6. The molecule has 0 aliphatic carbocycles. The molecule has 8 heteroatoms. The molecule has 1 N–H and O–H groups in total. The Labute approximate surface area is 181 Å². The second-order valence-corrected chi connectivity index (χ2v) is 7.96. The number of rotatable bonds is 8. The van der Waals surface area contributed by atoms with E-state index in [9.17, 15) is 9.18 Å². The lowest BCUT2D eigenvalue weighted by molar-refractivity contribution is -0.124. The SMILES string of the molecule is Cc1nnnn1C(Cc1cccc(F)c1)C(=O)NCCCN1CCc2ccccc2C1. The first-order valence-corrected chi connectivity index (χ1v) is 10.7. The molecule has 1 aliphatic rings. The minimum Gasteiger partial charge on any atom is -0.354 e. The van der Waals surface area contributed by atoms with Crippen LogP contribution in [0.3, 0.4) is 0 Å². The topological polar surface area (TPSA) is 75.9 Å². The quantitative estimate of drug-likeness (QED) is 0.565. The van der Waals surface area contributed by atoms with Crippen molar-refractivity contribution in [3.63, 3.8) is 0 Å². The zero-order valence-electron chi connectivity index (χ0n) is 17.7. The summed E-state index contributed by atoms with van der Waals surface area (Å²) >= 11 is 0. The van der Waals surface area contributed by atoms with Crippen molar-refractivity contribution in [1.29, 1.82) is 0 Å². The third-order valence-corrected chi connectivity index (χ3v) is 5.73. The number of carbonyl (C=O) groups is 1. The van der Waals surface area contributed by atoms with Gasteiger partial charge in [-0.05, 0) is 59.0 Å². The predicted octanol–water partition coefficient (Wildman–Crippen LogP) is 2.47. The maximum Gasteiger partial charge on any atom is 0.245 e. The van der Waals surface area contributed by atoms with Crippen LogP contribution in [-0.2, 0) is 24.2 Å². The Hall–Kier alpha value is -3.13. The van der Waals surface area contributed by atoms with E-state index >= 15 is 0 Å².